The SMILES string of the molecule is COc1ccc(C(NC(=O)CN2CCC(O)C2)C(=O)Nc2ccc([Si](C)(C)C)cc2)cc1. The highest BCUT2D eigenvalue weighted by Crippen LogP contribution is 2.20. The molecule has 1 saturated heterocycles. The summed E-state index contributed by atoms with van der Waals surface area (Å²) in [4.78, 5) is 27.7. The van der Waals surface area contributed by atoms with Crippen LogP contribution >= 0.6 is 0 Å². The maximum atomic E-state index is 13.2. The van der Waals surface area contributed by atoms with Gasteiger partial charge in [0, 0.05) is 18.8 Å². The van der Waals surface area contributed by atoms with Crippen molar-refractivity contribution >= 4 is 30.8 Å². The van der Waals surface area contributed by atoms with Crippen LogP contribution in [0.5, 0.6) is 5.75 Å². The minimum atomic E-state index is -1.43. The van der Waals surface area contributed by atoms with E-state index in [9.17, 15) is 14.7 Å². The molecule has 0 saturated carbocycles. The lowest BCUT2D eigenvalue weighted by Crippen LogP contribution is -2.42. The molecule has 2 aromatic carbocycles. The van der Waals surface area contributed by atoms with Gasteiger partial charge >= 0.3 is 0 Å². The molecule has 32 heavy (non-hydrogen) atoms. The Bertz CT molecular complexity index is 926. The molecule has 8 heteroatoms. The van der Waals surface area contributed by atoms with Gasteiger partial charge in [-0.1, -0.05) is 49.1 Å². The number of nitrogens with one attached hydrogen (secondary N) is 2. The number of methoxy groups -OCH3 is 1. The monoisotopic (exact) mass is 455 g/mol. The average Bonchev–Trinajstić information content (AvgIpc) is 3.16. The van der Waals surface area contributed by atoms with Crippen LogP contribution < -0.4 is 20.6 Å². The Kier molecular flexibility index (Phi) is 7.71. The van der Waals surface area contributed by atoms with Crippen LogP contribution in [0.2, 0.25) is 19.6 Å². The Hall–Kier alpha value is -2.68. The fraction of sp³-hybridized carbons (Fsp3) is 0.417. The van der Waals surface area contributed by atoms with E-state index in [2.05, 4.69) is 42.4 Å². The van der Waals surface area contributed by atoms with Crippen LogP contribution in [-0.4, -0.2) is 62.7 Å². The summed E-state index contributed by atoms with van der Waals surface area (Å²) >= 11 is 0. The van der Waals surface area contributed by atoms with Crippen molar-refractivity contribution in [2.75, 3.05) is 32.1 Å². The second-order valence-corrected chi connectivity index (χ2v) is 14.3. The number of aliphatic hydroxyl groups excluding tert-OH is 1. The average molecular weight is 456 g/mol. The molecule has 1 aliphatic rings. The Balaban J connectivity index is 1.74. The van der Waals surface area contributed by atoms with Gasteiger partial charge in [0.05, 0.1) is 27.8 Å². The standard InChI is InChI=1S/C24H33N3O4Si/c1-31-20-9-5-17(6-10-20)23(26-22(29)16-27-14-13-19(28)15-27)24(30)25-18-7-11-21(12-8-18)32(2,3)4/h5-12,19,23,28H,13-16H2,1-4H3,(H,25,30)(H,26,29). The van der Waals surface area contributed by atoms with E-state index in [0.29, 0.717) is 36.5 Å². The number of hydrogen-bond donors (Lipinski definition) is 3. The lowest BCUT2D eigenvalue weighted by Gasteiger charge is -2.22. The summed E-state index contributed by atoms with van der Waals surface area (Å²) in [7, 11) is 0.150. The van der Waals surface area contributed by atoms with Gasteiger partial charge in [-0.2, -0.15) is 0 Å². The number of hydrogen-bond acceptors (Lipinski definition) is 5. The maximum Gasteiger partial charge on any atom is 0.251 e. The fourth-order valence-electron chi connectivity index (χ4n) is 3.73. The minimum Gasteiger partial charge on any atom is -0.497 e. The van der Waals surface area contributed by atoms with Gasteiger partial charge < -0.3 is 20.5 Å². The highest BCUT2D eigenvalue weighted by Gasteiger charge is 2.27. The molecule has 2 amide bonds. The first-order valence-corrected chi connectivity index (χ1v) is 14.4. The topological polar surface area (TPSA) is 90.9 Å². The smallest absolute Gasteiger partial charge is 0.251 e. The van der Waals surface area contributed by atoms with Crippen molar-refractivity contribution in [1.29, 1.82) is 0 Å². The third-order valence-electron chi connectivity index (χ3n) is 5.65. The Morgan fingerprint density at radius 3 is 2.31 bits per heavy atom. The van der Waals surface area contributed by atoms with E-state index in [4.69, 9.17) is 4.74 Å². The van der Waals surface area contributed by atoms with E-state index in [1.165, 1.54) is 5.19 Å². The second-order valence-electron chi connectivity index (χ2n) is 9.27. The number of benzene rings is 2. The third-order valence-corrected chi connectivity index (χ3v) is 7.72. The molecule has 0 bridgehead atoms. The van der Waals surface area contributed by atoms with Crippen molar-refractivity contribution in [1.82, 2.24) is 10.2 Å². The molecule has 0 radical (unpaired) electrons. The number of nitrogens with zero attached hydrogens (tertiary/aromatic N) is 1. The van der Waals surface area contributed by atoms with E-state index in [0.717, 1.165) is 0 Å². The van der Waals surface area contributed by atoms with E-state index in [1.807, 2.05) is 17.0 Å². The number of carbonyl (C=O) groups excluding carboxylic acids is 2. The Morgan fingerprint density at radius 1 is 1.12 bits per heavy atom. The van der Waals surface area contributed by atoms with Crippen molar-refractivity contribution in [3.05, 3.63) is 54.1 Å². The van der Waals surface area contributed by atoms with Crippen molar-refractivity contribution < 1.29 is 19.4 Å². The molecule has 0 aromatic heterocycles. The molecular formula is C24H33N3O4Si. The molecule has 1 aliphatic heterocycles. The van der Waals surface area contributed by atoms with Gasteiger partial charge in [-0.15, -0.1) is 0 Å². The number of β-amino-alcohol motifs (C(OH)–C–C–N with tert-alkyl or cyclic N) is 1. The summed E-state index contributed by atoms with van der Waals surface area (Å²) in [6.45, 7) is 8.09. The van der Waals surface area contributed by atoms with Crippen molar-refractivity contribution in [3.8, 4) is 5.75 Å². The minimum absolute atomic E-state index is 0.141. The van der Waals surface area contributed by atoms with Gasteiger partial charge in [-0.25, -0.2) is 0 Å². The summed E-state index contributed by atoms with van der Waals surface area (Å²) in [6, 6.07) is 14.2. The molecule has 1 fully saturated rings. The largest absolute Gasteiger partial charge is 0.497 e. The van der Waals surface area contributed by atoms with Crippen molar-refractivity contribution in [3.63, 3.8) is 0 Å². The molecule has 2 atom stereocenters. The molecule has 3 rings (SSSR count). The van der Waals surface area contributed by atoms with E-state index >= 15 is 0 Å². The number of rotatable bonds is 8. The van der Waals surface area contributed by atoms with Crippen LogP contribution in [0, 0.1) is 0 Å². The van der Waals surface area contributed by atoms with Crippen LogP contribution in [0.25, 0.3) is 0 Å². The van der Waals surface area contributed by atoms with Gasteiger partial charge in [0.15, 0.2) is 0 Å². The lowest BCUT2D eigenvalue weighted by atomic mass is 10.1. The lowest BCUT2D eigenvalue weighted by molar-refractivity contribution is -0.127. The number of aliphatic hydroxyl groups is 1. The van der Waals surface area contributed by atoms with Crippen LogP contribution in [0.1, 0.15) is 18.0 Å². The predicted octanol–water partition coefficient (Wildman–Crippen LogP) is 2.10. The number of likely N-dealkylation sites (tertiary alicyclic amines) is 1. The number of amides is 2. The predicted molar refractivity (Wildman–Crippen MR) is 129 cm³/mol. The molecule has 3 N–H and O–H groups in total. The first-order valence-electron chi connectivity index (χ1n) is 10.9. The van der Waals surface area contributed by atoms with Gasteiger partial charge in [-0.05, 0) is 36.2 Å². The molecule has 0 aliphatic carbocycles. The number of carbonyl (C=O) groups is 2. The first kappa shape index (κ1) is 24.0. The highest BCUT2D eigenvalue weighted by atomic mass is 28.3. The normalized spacial score (nSPS) is 17.6. The molecule has 0 spiro atoms. The highest BCUT2D eigenvalue weighted by molar-refractivity contribution is 6.88. The Morgan fingerprint density at radius 2 is 1.78 bits per heavy atom. The number of ether oxygens (including phenoxy) is 1. The maximum absolute atomic E-state index is 13.2. The van der Waals surface area contributed by atoms with Gasteiger partial charge in [-0.3, -0.25) is 14.5 Å². The zero-order valence-corrected chi connectivity index (χ0v) is 20.2. The zero-order valence-electron chi connectivity index (χ0n) is 19.2. The molecule has 2 aromatic rings. The van der Waals surface area contributed by atoms with E-state index in [1.54, 1.807) is 31.4 Å². The molecular weight excluding hydrogens is 422 g/mol. The van der Waals surface area contributed by atoms with Crippen LogP contribution in [-0.2, 0) is 9.59 Å². The van der Waals surface area contributed by atoms with Crippen LogP contribution in [0.4, 0.5) is 5.69 Å². The Labute approximate surface area is 190 Å². The molecule has 1 heterocycles. The summed E-state index contributed by atoms with van der Waals surface area (Å²) < 4.78 is 5.21. The quantitative estimate of drug-likeness (QED) is 0.531. The second kappa shape index (κ2) is 10.3. The summed E-state index contributed by atoms with van der Waals surface area (Å²) in [5, 5.41) is 16.8. The van der Waals surface area contributed by atoms with Crippen LogP contribution in [0.15, 0.2) is 48.5 Å². The van der Waals surface area contributed by atoms with Crippen molar-refractivity contribution in [2.45, 2.75) is 38.2 Å². The summed E-state index contributed by atoms with van der Waals surface area (Å²) in [5.41, 5.74) is 1.35. The summed E-state index contributed by atoms with van der Waals surface area (Å²) in [5.74, 6) is 0.0992. The fourth-order valence-corrected chi connectivity index (χ4v) is 4.90. The van der Waals surface area contributed by atoms with Gasteiger partial charge in [0.2, 0.25) is 5.91 Å². The zero-order chi connectivity index (χ0) is 23.3. The first-order chi connectivity index (χ1) is 15.2. The van der Waals surface area contributed by atoms with Gasteiger partial charge in [0.25, 0.3) is 5.91 Å². The third kappa shape index (κ3) is 6.41. The molecule has 2 unspecified atom stereocenters. The van der Waals surface area contributed by atoms with E-state index in [-0.39, 0.29) is 18.4 Å². The molecule has 172 valence electrons. The van der Waals surface area contributed by atoms with E-state index < -0.39 is 20.2 Å². The van der Waals surface area contributed by atoms with Crippen LogP contribution in [0.3, 0.4) is 0 Å². The number of anilines is 1. The molecule has 7 nitrogen and oxygen atoms in total. The van der Waals surface area contributed by atoms with Gasteiger partial charge in [0.1, 0.15) is 11.8 Å². The van der Waals surface area contributed by atoms with Crippen molar-refractivity contribution in [2.24, 2.45) is 0 Å². The summed E-state index contributed by atoms with van der Waals surface area (Å²) in [6.07, 6.45) is 0.255.